The molecule has 3 aliphatic heterocycles. The van der Waals surface area contributed by atoms with Crippen LogP contribution in [0.4, 0.5) is 11.4 Å². The lowest BCUT2D eigenvalue weighted by atomic mass is 10.1. The zero-order valence-electron chi connectivity index (χ0n) is 24.8. The number of aromatic amines is 1. The highest BCUT2D eigenvalue weighted by atomic mass is 32.2. The maximum Gasteiger partial charge on any atom is 0.271 e. The van der Waals surface area contributed by atoms with Gasteiger partial charge in [0.1, 0.15) is 11.8 Å². The van der Waals surface area contributed by atoms with E-state index in [-0.39, 0.29) is 17.7 Å². The van der Waals surface area contributed by atoms with Crippen molar-refractivity contribution in [3.05, 3.63) is 100 Å². The molecule has 0 bridgehead atoms. The maximum absolute atomic E-state index is 12.5. The molecule has 2 atom stereocenters. The molecule has 44 heavy (non-hydrogen) atoms. The van der Waals surface area contributed by atoms with Crippen LogP contribution >= 0.6 is 23.5 Å². The molecule has 8 nitrogen and oxygen atoms in total. The van der Waals surface area contributed by atoms with Crippen LogP contribution in [0.5, 0.6) is 0 Å². The Labute approximate surface area is 266 Å². The van der Waals surface area contributed by atoms with Crippen molar-refractivity contribution in [2.45, 2.75) is 45.1 Å². The molecule has 0 saturated carbocycles. The van der Waals surface area contributed by atoms with Crippen LogP contribution in [0.2, 0.25) is 0 Å². The summed E-state index contributed by atoms with van der Waals surface area (Å²) < 4.78 is 11.8. The third-order valence-corrected chi connectivity index (χ3v) is 11.0. The molecule has 4 aromatic rings. The molecule has 5 heterocycles. The Morgan fingerprint density at radius 1 is 0.977 bits per heavy atom. The number of anilines is 2. The Hall–Kier alpha value is -3.28. The van der Waals surface area contributed by atoms with Gasteiger partial charge in [-0.3, -0.25) is 14.7 Å². The van der Waals surface area contributed by atoms with E-state index in [0.717, 1.165) is 56.3 Å². The first kappa shape index (κ1) is 29.4. The van der Waals surface area contributed by atoms with Crippen LogP contribution in [0.3, 0.4) is 0 Å². The number of fused-ring (bicyclic) bond motifs is 2. The van der Waals surface area contributed by atoms with E-state index in [1.807, 2.05) is 35.7 Å². The van der Waals surface area contributed by atoms with E-state index < -0.39 is 0 Å². The molecular weight excluding hydrogens is 591 g/mol. The van der Waals surface area contributed by atoms with Gasteiger partial charge in [-0.05, 0) is 67.4 Å². The molecule has 0 amide bonds. The molecule has 2 N–H and O–H groups in total. The van der Waals surface area contributed by atoms with Gasteiger partial charge in [-0.25, -0.2) is 0 Å². The highest BCUT2D eigenvalue weighted by Crippen LogP contribution is 2.52. The first-order valence-corrected chi connectivity index (χ1v) is 16.9. The Bertz CT molecular complexity index is 1670. The molecular formula is C34H37N5O3S2. The van der Waals surface area contributed by atoms with Gasteiger partial charge in [0.2, 0.25) is 0 Å². The van der Waals surface area contributed by atoms with Gasteiger partial charge in [-0.15, -0.1) is 0 Å². The lowest BCUT2D eigenvalue weighted by Gasteiger charge is -2.35. The normalized spacial score (nSPS) is 19.2. The minimum absolute atomic E-state index is 0.0620. The summed E-state index contributed by atoms with van der Waals surface area (Å²) in [6.07, 6.45) is 2.53. The molecule has 0 aliphatic carbocycles. The Kier molecular flexibility index (Phi) is 8.95. The number of hydrogen-bond donors (Lipinski definition) is 2. The van der Waals surface area contributed by atoms with Crippen LogP contribution in [-0.4, -0.2) is 67.4 Å². The summed E-state index contributed by atoms with van der Waals surface area (Å²) in [7, 11) is 0. The summed E-state index contributed by atoms with van der Waals surface area (Å²) in [6.45, 7) is 8.55. The summed E-state index contributed by atoms with van der Waals surface area (Å²) in [5, 5.41) is 3.83. The number of H-pyrrole nitrogens is 1. The maximum atomic E-state index is 12.5. The fourth-order valence-electron chi connectivity index (χ4n) is 6.07. The number of benzene rings is 2. The Morgan fingerprint density at radius 3 is 2.73 bits per heavy atom. The molecule has 0 spiro atoms. The van der Waals surface area contributed by atoms with Gasteiger partial charge >= 0.3 is 0 Å². The van der Waals surface area contributed by atoms with E-state index >= 15 is 0 Å². The van der Waals surface area contributed by atoms with Gasteiger partial charge in [0.05, 0.1) is 31.6 Å². The molecule has 10 heteroatoms. The molecule has 7 rings (SSSR count). The van der Waals surface area contributed by atoms with E-state index in [9.17, 15) is 4.79 Å². The van der Waals surface area contributed by atoms with Crippen molar-refractivity contribution < 1.29 is 9.47 Å². The van der Waals surface area contributed by atoms with Crippen LogP contribution < -0.4 is 15.8 Å². The number of aromatic nitrogens is 2. The van der Waals surface area contributed by atoms with E-state index in [1.54, 1.807) is 6.20 Å². The first-order valence-electron chi connectivity index (χ1n) is 15.3. The lowest BCUT2D eigenvalue weighted by Crippen LogP contribution is -2.41. The molecule has 2 unspecified atom stereocenters. The fourth-order valence-corrected chi connectivity index (χ4v) is 8.52. The molecule has 228 valence electrons. The predicted octanol–water partition coefficient (Wildman–Crippen LogP) is 6.15. The summed E-state index contributed by atoms with van der Waals surface area (Å²) >= 11 is 3.63. The number of ether oxygens (including phenoxy) is 2. The van der Waals surface area contributed by atoms with Gasteiger partial charge in [-0.2, -0.15) is 0 Å². The van der Waals surface area contributed by atoms with Crippen molar-refractivity contribution in [1.82, 2.24) is 14.9 Å². The molecule has 2 aromatic carbocycles. The second-order valence-electron chi connectivity index (χ2n) is 11.4. The van der Waals surface area contributed by atoms with Crippen LogP contribution in [-0.2, 0) is 9.47 Å². The summed E-state index contributed by atoms with van der Waals surface area (Å²) in [4.78, 5) is 29.7. The Morgan fingerprint density at radius 2 is 1.86 bits per heavy atom. The average Bonchev–Trinajstić information content (AvgIpc) is 3.06. The van der Waals surface area contributed by atoms with Gasteiger partial charge in [-0.1, -0.05) is 41.7 Å². The first-order chi connectivity index (χ1) is 21.6. The zero-order valence-corrected chi connectivity index (χ0v) is 26.5. The van der Waals surface area contributed by atoms with Crippen molar-refractivity contribution in [3.63, 3.8) is 0 Å². The van der Waals surface area contributed by atoms with Crippen molar-refractivity contribution in [3.8, 4) is 0 Å². The van der Waals surface area contributed by atoms with E-state index in [4.69, 9.17) is 14.5 Å². The predicted molar refractivity (Wildman–Crippen MR) is 176 cm³/mol. The standard InChI is InChI=1S/C34H37N5O3S2/c1-23-5-2-7-26(36-23)27(12-14-38-15-18-41-19-16-38)37-24-10-11-30-32(21-24)43-31-9-3-6-25(33(31)44-30)29-22-39(17-20-42-29)28-8-4-13-35-34(28)40/h2-11,13,21,27,29,37H,12,14-20,22H2,1H3,(H,35,40). The summed E-state index contributed by atoms with van der Waals surface area (Å²) in [5.74, 6) is 0. The molecule has 0 radical (unpaired) electrons. The van der Waals surface area contributed by atoms with Gasteiger partial charge in [0, 0.05) is 69.9 Å². The minimum atomic E-state index is -0.108. The third-order valence-electron chi connectivity index (χ3n) is 8.38. The molecule has 2 fully saturated rings. The molecule has 3 aliphatic rings. The van der Waals surface area contributed by atoms with Crippen molar-refractivity contribution in [1.29, 1.82) is 0 Å². The number of nitrogens with zero attached hydrogens (tertiary/aromatic N) is 3. The van der Waals surface area contributed by atoms with Crippen LogP contribution in [0, 0.1) is 6.92 Å². The topological polar surface area (TPSA) is 82.7 Å². The van der Waals surface area contributed by atoms with Gasteiger partial charge < -0.3 is 24.7 Å². The van der Waals surface area contributed by atoms with Crippen LogP contribution in [0.1, 0.15) is 35.5 Å². The number of rotatable bonds is 8. The average molecular weight is 628 g/mol. The lowest BCUT2D eigenvalue weighted by molar-refractivity contribution is 0.0368. The number of pyridine rings is 2. The number of nitrogens with one attached hydrogen (secondary N) is 2. The van der Waals surface area contributed by atoms with Crippen LogP contribution in [0.25, 0.3) is 0 Å². The number of aryl methyl sites for hydroxylation is 1. The second-order valence-corrected chi connectivity index (χ2v) is 13.5. The van der Waals surface area contributed by atoms with Crippen molar-refractivity contribution in [2.75, 3.05) is 62.8 Å². The monoisotopic (exact) mass is 627 g/mol. The Balaban J connectivity index is 1.09. The van der Waals surface area contributed by atoms with E-state index in [2.05, 4.69) is 81.6 Å². The van der Waals surface area contributed by atoms with Gasteiger partial charge in [0.15, 0.2) is 0 Å². The van der Waals surface area contributed by atoms with Gasteiger partial charge in [0.25, 0.3) is 5.56 Å². The number of morpholine rings is 2. The smallest absolute Gasteiger partial charge is 0.271 e. The number of hydrogen-bond acceptors (Lipinski definition) is 9. The second kappa shape index (κ2) is 13.4. The highest BCUT2D eigenvalue weighted by molar-refractivity contribution is 8.05. The van der Waals surface area contributed by atoms with Crippen molar-refractivity contribution in [2.24, 2.45) is 0 Å². The molecule has 2 aromatic heterocycles. The SMILES string of the molecule is Cc1cccc(C(CCN2CCOCC2)Nc2ccc3c(c2)Sc2cccc(C4CN(c5ccc[nH]c5=O)CCO4)c2S3)n1. The fraction of sp³-hybridized carbons (Fsp3) is 0.353. The third kappa shape index (κ3) is 6.55. The van der Waals surface area contributed by atoms with E-state index in [1.165, 1.54) is 25.1 Å². The highest BCUT2D eigenvalue weighted by Gasteiger charge is 2.29. The quantitative estimate of drug-likeness (QED) is 0.211. The van der Waals surface area contributed by atoms with Crippen molar-refractivity contribution >= 4 is 34.9 Å². The van der Waals surface area contributed by atoms with E-state index in [0.29, 0.717) is 25.4 Å². The zero-order chi connectivity index (χ0) is 29.9. The largest absolute Gasteiger partial charge is 0.379 e. The molecule has 2 saturated heterocycles. The summed E-state index contributed by atoms with van der Waals surface area (Å²) in [5.41, 5.74) is 5.03. The summed E-state index contributed by atoms with van der Waals surface area (Å²) in [6, 6.07) is 23.4. The van der Waals surface area contributed by atoms with Crippen LogP contribution in [0.15, 0.2) is 97.3 Å². The minimum Gasteiger partial charge on any atom is -0.379 e.